The average molecular weight is 459 g/mol. The van der Waals surface area contributed by atoms with Crippen molar-refractivity contribution in [1.29, 1.82) is 0 Å². The van der Waals surface area contributed by atoms with Crippen LogP contribution in [0.15, 0.2) is 42.5 Å². The first-order chi connectivity index (χ1) is 13.6. The van der Waals surface area contributed by atoms with Crippen molar-refractivity contribution in [2.75, 3.05) is 24.1 Å². The average Bonchev–Trinajstić information content (AvgIpc) is 3.02. The Morgan fingerprint density at radius 3 is 2.52 bits per heavy atom. The molecule has 1 saturated heterocycles. The predicted octanol–water partition coefficient (Wildman–Crippen LogP) is 4.33. The molecule has 1 N–H and O–H groups in total. The summed E-state index contributed by atoms with van der Waals surface area (Å²) in [5.74, 6) is 0.538. The van der Waals surface area contributed by atoms with Gasteiger partial charge in [-0.05, 0) is 48.9 Å². The molecule has 0 spiro atoms. The fraction of sp³-hybridized carbons (Fsp3) is 0.316. The number of amides is 1. The zero-order valence-corrected chi connectivity index (χ0v) is 18.1. The lowest BCUT2D eigenvalue weighted by atomic mass is 10.1. The largest absolute Gasteiger partial charge is 0.490 e. The van der Waals surface area contributed by atoms with Crippen molar-refractivity contribution in [3.63, 3.8) is 0 Å². The van der Waals surface area contributed by atoms with Crippen molar-refractivity contribution in [2.45, 2.75) is 19.1 Å². The minimum atomic E-state index is -3.33. The molecule has 1 heterocycles. The van der Waals surface area contributed by atoms with Crippen molar-refractivity contribution >= 4 is 45.0 Å². The van der Waals surface area contributed by atoms with E-state index in [0.717, 1.165) is 11.8 Å². The maximum absolute atomic E-state index is 12.3. The Balaban J connectivity index is 1.57. The molecule has 3 rings (SSSR count). The standard InChI is InChI=1S/C19H20Cl2N2O5S/c1-12(13-3-8-17(20)18(21)9-13)23-10-16(28-19(23)24)11-27-15-6-4-14(5-7-15)22-29(2,25)26/h3-9,12,16,22H,10-11H2,1-2H3. The molecule has 2 aromatic carbocycles. The van der Waals surface area contributed by atoms with E-state index in [-0.39, 0.29) is 12.6 Å². The number of halogens is 2. The molecule has 1 aliphatic rings. The monoisotopic (exact) mass is 458 g/mol. The van der Waals surface area contributed by atoms with Crippen LogP contribution < -0.4 is 9.46 Å². The summed E-state index contributed by atoms with van der Waals surface area (Å²) in [7, 11) is -3.33. The van der Waals surface area contributed by atoms with Gasteiger partial charge >= 0.3 is 6.09 Å². The number of carbonyl (C=O) groups excluding carboxylic acids is 1. The number of hydrogen-bond acceptors (Lipinski definition) is 5. The van der Waals surface area contributed by atoms with Gasteiger partial charge in [0.15, 0.2) is 6.10 Å². The molecule has 1 aliphatic heterocycles. The molecule has 10 heteroatoms. The molecule has 2 unspecified atom stereocenters. The first kappa shape index (κ1) is 21.5. The highest BCUT2D eigenvalue weighted by Crippen LogP contribution is 2.30. The van der Waals surface area contributed by atoms with Crippen LogP contribution in [0.1, 0.15) is 18.5 Å². The molecule has 0 aliphatic carbocycles. The Bertz CT molecular complexity index is 998. The topological polar surface area (TPSA) is 84.9 Å². The van der Waals surface area contributed by atoms with E-state index in [0.29, 0.717) is 28.0 Å². The normalized spacial score (nSPS) is 17.7. The second-order valence-corrected chi connectivity index (χ2v) is 9.28. The van der Waals surface area contributed by atoms with Crippen LogP contribution >= 0.6 is 23.2 Å². The summed E-state index contributed by atoms with van der Waals surface area (Å²) < 4.78 is 35.9. The van der Waals surface area contributed by atoms with Gasteiger partial charge in [0, 0.05) is 5.69 Å². The summed E-state index contributed by atoms with van der Waals surface area (Å²) in [6.45, 7) is 2.43. The highest BCUT2D eigenvalue weighted by molar-refractivity contribution is 7.92. The van der Waals surface area contributed by atoms with Crippen molar-refractivity contribution in [2.24, 2.45) is 0 Å². The van der Waals surface area contributed by atoms with Gasteiger partial charge in [-0.15, -0.1) is 0 Å². The SMILES string of the molecule is CC(c1ccc(Cl)c(Cl)c1)N1CC(COc2ccc(NS(C)(=O)=O)cc2)OC1=O. The highest BCUT2D eigenvalue weighted by atomic mass is 35.5. The van der Waals surface area contributed by atoms with Crippen LogP contribution in [-0.2, 0) is 14.8 Å². The van der Waals surface area contributed by atoms with Gasteiger partial charge in [0.05, 0.1) is 28.9 Å². The minimum Gasteiger partial charge on any atom is -0.490 e. The Labute approximate surface area is 179 Å². The fourth-order valence-corrected chi connectivity index (χ4v) is 3.79. The maximum atomic E-state index is 12.3. The van der Waals surface area contributed by atoms with Crippen LogP contribution in [0, 0.1) is 0 Å². The van der Waals surface area contributed by atoms with Gasteiger partial charge in [-0.25, -0.2) is 13.2 Å². The summed E-state index contributed by atoms with van der Waals surface area (Å²) in [6.07, 6.45) is 0.225. The number of nitrogens with one attached hydrogen (secondary N) is 1. The van der Waals surface area contributed by atoms with Crippen LogP contribution in [0.3, 0.4) is 0 Å². The molecule has 2 aromatic rings. The smallest absolute Gasteiger partial charge is 0.410 e. The van der Waals surface area contributed by atoms with Gasteiger partial charge in [0.2, 0.25) is 10.0 Å². The number of ether oxygens (including phenoxy) is 2. The fourth-order valence-electron chi connectivity index (χ4n) is 2.92. The third kappa shape index (κ3) is 5.68. The van der Waals surface area contributed by atoms with Crippen LogP contribution in [0.25, 0.3) is 0 Å². The molecular weight excluding hydrogens is 439 g/mol. The lowest BCUT2D eigenvalue weighted by molar-refractivity contribution is 0.102. The third-order valence-electron chi connectivity index (χ3n) is 4.39. The second kappa shape index (κ2) is 8.69. The van der Waals surface area contributed by atoms with Gasteiger partial charge in [-0.3, -0.25) is 9.62 Å². The van der Waals surface area contributed by atoms with Gasteiger partial charge in [-0.1, -0.05) is 29.3 Å². The van der Waals surface area contributed by atoms with E-state index < -0.39 is 22.2 Å². The molecule has 0 bridgehead atoms. The molecule has 0 radical (unpaired) electrons. The van der Waals surface area contributed by atoms with Crippen molar-refractivity contribution in [3.05, 3.63) is 58.1 Å². The summed E-state index contributed by atoms with van der Waals surface area (Å²) in [6, 6.07) is 11.5. The maximum Gasteiger partial charge on any atom is 0.410 e. The van der Waals surface area contributed by atoms with Crippen molar-refractivity contribution in [1.82, 2.24) is 4.90 Å². The Morgan fingerprint density at radius 2 is 1.90 bits per heavy atom. The number of carbonyl (C=O) groups is 1. The summed E-state index contributed by atoms with van der Waals surface area (Å²) in [5, 5.41) is 0.882. The first-order valence-corrected chi connectivity index (χ1v) is 11.4. The second-order valence-electron chi connectivity index (χ2n) is 6.72. The Morgan fingerprint density at radius 1 is 1.21 bits per heavy atom. The van der Waals surface area contributed by atoms with Crippen LogP contribution in [0.2, 0.25) is 10.0 Å². The lowest BCUT2D eigenvalue weighted by Crippen LogP contribution is -2.29. The number of sulfonamides is 1. The molecular formula is C19H20Cl2N2O5S. The number of rotatable bonds is 7. The predicted molar refractivity (Wildman–Crippen MR) is 112 cm³/mol. The number of anilines is 1. The third-order valence-corrected chi connectivity index (χ3v) is 5.73. The number of nitrogens with zero attached hydrogens (tertiary/aromatic N) is 1. The van der Waals surface area contributed by atoms with E-state index in [9.17, 15) is 13.2 Å². The highest BCUT2D eigenvalue weighted by Gasteiger charge is 2.35. The molecule has 0 saturated carbocycles. The number of hydrogen-bond donors (Lipinski definition) is 1. The van der Waals surface area contributed by atoms with Gasteiger partial charge < -0.3 is 9.47 Å². The van der Waals surface area contributed by atoms with Gasteiger partial charge in [0.1, 0.15) is 12.4 Å². The zero-order valence-electron chi connectivity index (χ0n) is 15.8. The van der Waals surface area contributed by atoms with Gasteiger partial charge in [0.25, 0.3) is 0 Å². The Kier molecular flexibility index (Phi) is 6.45. The minimum absolute atomic E-state index is 0.176. The van der Waals surface area contributed by atoms with Crippen LogP contribution in [0.5, 0.6) is 5.75 Å². The lowest BCUT2D eigenvalue weighted by Gasteiger charge is -2.22. The van der Waals surface area contributed by atoms with Crippen molar-refractivity contribution in [3.8, 4) is 5.75 Å². The van der Waals surface area contributed by atoms with E-state index >= 15 is 0 Å². The molecule has 29 heavy (non-hydrogen) atoms. The summed E-state index contributed by atoms with van der Waals surface area (Å²) >= 11 is 12.0. The molecule has 1 fully saturated rings. The molecule has 156 valence electrons. The summed E-state index contributed by atoms with van der Waals surface area (Å²) in [5.41, 5.74) is 1.29. The molecule has 7 nitrogen and oxygen atoms in total. The van der Waals surface area contributed by atoms with E-state index in [1.165, 1.54) is 0 Å². The molecule has 1 amide bonds. The zero-order chi connectivity index (χ0) is 21.2. The Hall–Kier alpha value is -2.16. The van der Waals surface area contributed by atoms with E-state index in [1.54, 1.807) is 41.3 Å². The van der Waals surface area contributed by atoms with Gasteiger partial charge in [-0.2, -0.15) is 0 Å². The molecule has 2 atom stereocenters. The van der Waals surface area contributed by atoms with E-state index in [2.05, 4.69) is 4.72 Å². The van der Waals surface area contributed by atoms with E-state index in [4.69, 9.17) is 32.7 Å². The number of cyclic esters (lactones) is 1. The van der Waals surface area contributed by atoms with Crippen LogP contribution in [-0.4, -0.2) is 44.9 Å². The van der Waals surface area contributed by atoms with Crippen molar-refractivity contribution < 1.29 is 22.7 Å². The summed E-state index contributed by atoms with van der Waals surface area (Å²) in [4.78, 5) is 13.9. The van der Waals surface area contributed by atoms with Crippen LogP contribution in [0.4, 0.5) is 10.5 Å². The quantitative estimate of drug-likeness (QED) is 0.667. The van der Waals surface area contributed by atoms with E-state index in [1.807, 2.05) is 13.0 Å². The molecule has 0 aromatic heterocycles. The number of benzene rings is 2. The first-order valence-electron chi connectivity index (χ1n) is 8.75.